The Balaban J connectivity index is 1.88. The first kappa shape index (κ1) is 19.6. The first-order valence-electron chi connectivity index (χ1n) is 8.06. The number of anilines is 2. The number of rotatable bonds is 6. The number of methoxy groups -OCH3 is 1. The van der Waals surface area contributed by atoms with Crippen LogP contribution >= 0.6 is 11.3 Å². The minimum Gasteiger partial charge on any atom is -0.465 e. The molecule has 1 heterocycles. The molecule has 0 aliphatic heterocycles. The standard InChI is InChI=1S/C19H16N2O5S2/c1-26-19(23)15-11-12-27-18(15)20-17(22)14-9-5-6-10-16(14)21-28(24,25)13-7-3-2-4-8-13/h2-12,21H,1H3,(H,20,22). The molecule has 9 heteroatoms. The number of thiophene rings is 1. The van der Waals surface area contributed by atoms with Crippen LogP contribution in [0, 0.1) is 0 Å². The van der Waals surface area contributed by atoms with Crippen LogP contribution in [-0.4, -0.2) is 27.4 Å². The molecular formula is C19H16N2O5S2. The zero-order valence-corrected chi connectivity index (χ0v) is 16.3. The molecule has 28 heavy (non-hydrogen) atoms. The van der Waals surface area contributed by atoms with E-state index in [1.165, 1.54) is 37.4 Å². The van der Waals surface area contributed by atoms with Crippen LogP contribution < -0.4 is 10.0 Å². The molecule has 0 saturated carbocycles. The van der Waals surface area contributed by atoms with Gasteiger partial charge < -0.3 is 10.1 Å². The Bertz CT molecular complexity index is 1110. The average molecular weight is 416 g/mol. The Kier molecular flexibility index (Phi) is 5.76. The molecule has 0 saturated heterocycles. The number of benzene rings is 2. The summed E-state index contributed by atoms with van der Waals surface area (Å²) >= 11 is 1.16. The van der Waals surface area contributed by atoms with E-state index in [0.29, 0.717) is 5.00 Å². The van der Waals surface area contributed by atoms with Crippen molar-refractivity contribution in [2.24, 2.45) is 0 Å². The van der Waals surface area contributed by atoms with Crippen LogP contribution in [0.1, 0.15) is 20.7 Å². The maximum atomic E-state index is 12.7. The van der Waals surface area contributed by atoms with Gasteiger partial charge in [-0.25, -0.2) is 13.2 Å². The summed E-state index contributed by atoms with van der Waals surface area (Å²) in [5, 5.41) is 4.59. The van der Waals surface area contributed by atoms with Gasteiger partial charge in [-0.2, -0.15) is 0 Å². The molecule has 0 spiro atoms. The number of hydrogen-bond donors (Lipinski definition) is 2. The molecule has 3 aromatic rings. The van der Waals surface area contributed by atoms with Gasteiger partial charge in [-0.1, -0.05) is 30.3 Å². The van der Waals surface area contributed by atoms with E-state index in [2.05, 4.69) is 14.8 Å². The van der Waals surface area contributed by atoms with Gasteiger partial charge in [-0.3, -0.25) is 9.52 Å². The zero-order chi connectivity index (χ0) is 20.1. The number of carbonyl (C=O) groups excluding carboxylic acids is 2. The lowest BCUT2D eigenvalue weighted by molar-refractivity contribution is 0.0602. The monoisotopic (exact) mass is 416 g/mol. The smallest absolute Gasteiger partial charge is 0.340 e. The lowest BCUT2D eigenvalue weighted by atomic mass is 10.1. The van der Waals surface area contributed by atoms with E-state index in [-0.39, 0.29) is 21.7 Å². The normalized spacial score (nSPS) is 10.9. The SMILES string of the molecule is COC(=O)c1ccsc1NC(=O)c1ccccc1NS(=O)(=O)c1ccccc1. The van der Waals surface area contributed by atoms with E-state index in [1.54, 1.807) is 35.7 Å². The van der Waals surface area contributed by atoms with Gasteiger partial charge in [0.1, 0.15) is 5.00 Å². The van der Waals surface area contributed by atoms with Crippen LogP contribution in [0.3, 0.4) is 0 Å². The van der Waals surface area contributed by atoms with Crippen LogP contribution in [-0.2, 0) is 14.8 Å². The predicted octanol–water partition coefficient (Wildman–Crippen LogP) is 3.59. The second kappa shape index (κ2) is 8.24. The molecule has 0 fully saturated rings. The van der Waals surface area contributed by atoms with Crippen molar-refractivity contribution in [3.8, 4) is 0 Å². The van der Waals surface area contributed by atoms with E-state index in [1.807, 2.05) is 0 Å². The summed E-state index contributed by atoms with van der Waals surface area (Å²) in [4.78, 5) is 24.6. The van der Waals surface area contributed by atoms with Crippen molar-refractivity contribution in [1.29, 1.82) is 0 Å². The Morgan fingerprint density at radius 2 is 1.61 bits per heavy atom. The summed E-state index contributed by atoms with van der Waals surface area (Å²) in [5.74, 6) is -1.13. The second-order valence-corrected chi connectivity index (χ2v) is 8.17. The number of hydrogen-bond acceptors (Lipinski definition) is 6. The van der Waals surface area contributed by atoms with E-state index in [9.17, 15) is 18.0 Å². The van der Waals surface area contributed by atoms with Crippen molar-refractivity contribution in [1.82, 2.24) is 0 Å². The Morgan fingerprint density at radius 3 is 2.32 bits per heavy atom. The molecule has 0 aliphatic rings. The fourth-order valence-electron chi connectivity index (χ4n) is 2.42. The number of para-hydroxylation sites is 1. The molecular weight excluding hydrogens is 400 g/mol. The van der Waals surface area contributed by atoms with Gasteiger partial charge in [0.25, 0.3) is 15.9 Å². The first-order chi connectivity index (χ1) is 13.4. The Hall–Kier alpha value is -3.17. The topological polar surface area (TPSA) is 102 Å². The molecule has 0 aliphatic carbocycles. The molecule has 1 aromatic heterocycles. The molecule has 2 aromatic carbocycles. The van der Waals surface area contributed by atoms with Crippen LogP contribution in [0.5, 0.6) is 0 Å². The fourth-order valence-corrected chi connectivity index (χ4v) is 4.29. The van der Waals surface area contributed by atoms with E-state index >= 15 is 0 Å². The maximum Gasteiger partial charge on any atom is 0.340 e. The highest BCUT2D eigenvalue weighted by atomic mass is 32.2. The summed E-state index contributed by atoms with van der Waals surface area (Å²) in [6, 6.07) is 15.6. The minimum atomic E-state index is -3.86. The molecule has 0 atom stereocenters. The highest BCUT2D eigenvalue weighted by Crippen LogP contribution is 2.26. The molecule has 1 amide bonds. The number of nitrogens with one attached hydrogen (secondary N) is 2. The van der Waals surface area contributed by atoms with Crippen molar-refractivity contribution in [2.75, 3.05) is 17.1 Å². The Labute approximate surface area is 166 Å². The van der Waals surface area contributed by atoms with Crippen LogP contribution in [0.4, 0.5) is 10.7 Å². The summed E-state index contributed by atoms with van der Waals surface area (Å²) in [6.07, 6.45) is 0. The van der Waals surface area contributed by atoms with Gasteiger partial charge in [0.2, 0.25) is 0 Å². The van der Waals surface area contributed by atoms with Gasteiger partial charge in [0.15, 0.2) is 0 Å². The van der Waals surface area contributed by atoms with Crippen molar-refractivity contribution in [3.05, 3.63) is 77.2 Å². The van der Waals surface area contributed by atoms with Crippen LogP contribution in [0.15, 0.2) is 70.9 Å². The van der Waals surface area contributed by atoms with E-state index in [4.69, 9.17) is 0 Å². The lowest BCUT2D eigenvalue weighted by Gasteiger charge is -2.13. The van der Waals surface area contributed by atoms with Crippen molar-refractivity contribution in [2.45, 2.75) is 4.90 Å². The number of sulfonamides is 1. The largest absolute Gasteiger partial charge is 0.465 e. The highest BCUT2D eigenvalue weighted by molar-refractivity contribution is 7.92. The Morgan fingerprint density at radius 1 is 0.929 bits per heavy atom. The average Bonchev–Trinajstić information content (AvgIpc) is 3.16. The van der Waals surface area contributed by atoms with Crippen LogP contribution in [0.25, 0.3) is 0 Å². The number of carbonyl (C=O) groups is 2. The maximum absolute atomic E-state index is 12.7. The lowest BCUT2D eigenvalue weighted by Crippen LogP contribution is -2.19. The predicted molar refractivity (Wildman–Crippen MR) is 107 cm³/mol. The zero-order valence-electron chi connectivity index (χ0n) is 14.7. The summed E-state index contributed by atoms with van der Waals surface area (Å²) < 4.78 is 32.3. The van der Waals surface area contributed by atoms with E-state index < -0.39 is 21.9 Å². The van der Waals surface area contributed by atoms with Gasteiger partial charge in [0.05, 0.1) is 28.8 Å². The van der Waals surface area contributed by atoms with Gasteiger partial charge in [0, 0.05) is 0 Å². The number of ether oxygens (including phenoxy) is 1. The molecule has 7 nitrogen and oxygen atoms in total. The third-order valence-electron chi connectivity index (χ3n) is 3.77. The molecule has 3 rings (SSSR count). The van der Waals surface area contributed by atoms with E-state index in [0.717, 1.165) is 11.3 Å². The van der Waals surface area contributed by atoms with Crippen LogP contribution in [0.2, 0.25) is 0 Å². The molecule has 0 unspecified atom stereocenters. The molecule has 0 bridgehead atoms. The van der Waals surface area contributed by atoms with Crippen molar-refractivity contribution < 1.29 is 22.7 Å². The fraction of sp³-hybridized carbons (Fsp3) is 0.0526. The minimum absolute atomic E-state index is 0.0800. The molecule has 0 radical (unpaired) electrons. The second-order valence-electron chi connectivity index (χ2n) is 5.57. The van der Waals surface area contributed by atoms with Gasteiger partial charge >= 0.3 is 5.97 Å². The highest BCUT2D eigenvalue weighted by Gasteiger charge is 2.20. The van der Waals surface area contributed by atoms with Gasteiger partial charge in [-0.05, 0) is 35.7 Å². The van der Waals surface area contributed by atoms with Crippen molar-refractivity contribution >= 4 is 43.9 Å². The number of esters is 1. The first-order valence-corrected chi connectivity index (χ1v) is 10.4. The molecule has 2 N–H and O–H groups in total. The van der Waals surface area contributed by atoms with Crippen molar-refractivity contribution in [3.63, 3.8) is 0 Å². The third kappa shape index (κ3) is 4.21. The molecule has 144 valence electrons. The summed E-state index contributed by atoms with van der Waals surface area (Å²) in [6.45, 7) is 0. The third-order valence-corrected chi connectivity index (χ3v) is 5.98. The quantitative estimate of drug-likeness (QED) is 0.598. The van der Waals surface area contributed by atoms with Gasteiger partial charge in [-0.15, -0.1) is 11.3 Å². The summed E-state index contributed by atoms with van der Waals surface area (Å²) in [7, 11) is -2.61. The summed E-state index contributed by atoms with van der Waals surface area (Å²) in [5.41, 5.74) is 0.467. The number of amides is 1.